The number of carbonyl (C=O) groups is 2. The van der Waals surface area contributed by atoms with Crippen molar-refractivity contribution < 1.29 is 19.4 Å². The van der Waals surface area contributed by atoms with Crippen molar-refractivity contribution in [2.75, 3.05) is 23.4 Å². The summed E-state index contributed by atoms with van der Waals surface area (Å²) in [4.78, 5) is 26.7. The van der Waals surface area contributed by atoms with E-state index in [2.05, 4.69) is 5.32 Å². The first-order chi connectivity index (χ1) is 13.4. The third kappa shape index (κ3) is 4.19. The Morgan fingerprint density at radius 1 is 1.32 bits per heavy atom. The van der Waals surface area contributed by atoms with Gasteiger partial charge in [0.25, 0.3) is 11.8 Å². The molecule has 2 atom stereocenters. The number of aliphatic hydroxyl groups is 1. The number of anilines is 2. The summed E-state index contributed by atoms with van der Waals surface area (Å²) in [6.45, 7) is 2.48. The van der Waals surface area contributed by atoms with Gasteiger partial charge in [-0.1, -0.05) is 12.1 Å². The number of morpholine rings is 1. The Morgan fingerprint density at radius 3 is 2.68 bits per heavy atom. The predicted octanol–water partition coefficient (Wildman–Crippen LogP) is 1.01. The van der Waals surface area contributed by atoms with Gasteiger partial charge in [-0.25, -0.2) is 0 Å². The van der Waals surface area contributed by atoms with Crippen LogP contribution in [-0.2, 0) is 14.3 Å². The molecule has 1 heterocycles. The molecule has 3 rings (SSSR count). The van der Waals surface area contributed by atoms with Crippen LogP contribution in [0.3, 0.4) is 0 Å². The highest BCUT2D eigenvalue weighted by Crippen LogP contribution is 2.22. The van der Waals surface area contributed by atoms with Crippen molar-refractivity contribution in [3.05, 3.63) is 59.7 Å². The number of amidine groups is 1. The lowest BCUT2D eigenvalue weighted by atomic mass is 10.1. The van der Waals surface area contributed by atoms with Crippen molar-refractivity contribution in [3.8, 4) is 0 Å². The number of nitrogens with one attached hydrogen (secondary N) is 2. The topological polar surface area (TPSA) is 129 Å². The van der Waals surface area contributed by atoms with E-state index < -0.39 is 24.0 Å². The minimum Gasteiger partial charge on any atom is -0.384 e. The SMILES string of the molecule is Cc1cccc(N2CCO[C@H]([C@@H](O)C(=O)Nc3ccc(C(=N)N)cc3)C2=O)c1. The van der Waals surface area contributed by atoms with Crippen LogP contribution >= 0.6 is 0 Å². The number of hydrogen-bond donors (Lipinski definition) is 4. The second-order valence-corrected chi connectivity index (χ2v) is 6.55. The Kier molecular flexibility index (Phi) is 5.72. The maximum Gasteiger partial charge on any atom is 0.259 e. The second-order valence-electron chi connectivity index (χ2n) is 6.55. The van der Waals surface area contributed by atoms with E-state index in [0.717, 1.165) is 5.56 Å². The average Bonchev–Trinajstić information content (AvgIpc) is 2.68. The van der Waals surface area contributed by atoms with Gasteiger partial charge in [-0.3, -0.25) is 15.0 Å². The van der Waals surface area contributed by atoms with E-state index in [0.29, 0.717) is 23.5 Å². The summed E-state index contributed by atoms with van der Waals surface area (Å²) < 4.78 is 5.40. The van der Waals surface area contributed by atoms with Gasteiger partial charge in [-0.05, 0) is 48.9 Å². The van der Waals surface area contributed by atoms with Gasteiger partial charge in [0.05, 0.1) is 6.61 Å². The number of nitrogens with zero attached hydrogens (tertiary/aromatic N) is 1. The van der Waals surface area contributed by atoms with Crippen molar-refractivity contribution in [1.29, 1.82) is 5.41 Å². The van der Waals surface area contributed by atoms with Crippen molar-refractivity contribution in [2.45, 2.75) is 19.1 Å². The van der Waals surface area contributed by atoms with E-state index in [1.54, 1.807) is 30.3 Å². The standard InChI is InChI=1S/C20H22N4O4/c1-12-3-2-4-15(11-12)24-9-10-28-17(20(24)27)16(25)19(26)23-14-7-5-13(6-8-14)18(21)22/h2-8,11,16-17,25H,9-10H2,1H3,(H3,21,22)(H,23,26)/t16-,17-/m1/s1. The third-order valence-corrected chi connectivity index (χ3v) is 4.45. The van der Waals surface area contributed by atoms with Crippen molar-refractivity contribution in [1.82, 2.24) is 0 Å². The Balaban J connectivity index is 1.70. The van der Waals surface area contributed by atoms with Gasteiger partial charge >= 0.3 is 0 Å². The van der Waals surface area contributed by atoms with Crippen LogP contribution < -0.4 is 16.0 Å². The van der Waals surface area contributed by atoms with Gasteiger partial charge in [-0.2, -0.15) is 0 Å². The van der Waals surface area contributed by atoms with E-state index in [4.69, 9.17) is 15.9 Å². The fraction of sp³-hybridized carbons (Fsp3) is 0.250. The zero-order chi connectivity index (χ0) is 20.3. The van der Waals surface area contributed by atoms with Crippen LogP contribution in [0.4, 0.5) is 11.4 Å². The number of aliphatic hydroxyl groups excluding tert-OH is 1. The van der Waals surface area contributed by atoms with Gasteiger partial charge < -0.3 is 25.8 Å². The average molecular weight is 382 g/mol. The molecule has 8 heteroatoms. The fourth-order valence-electron chi connectivity index (χ4n) is 2.97. The molecule has 1 fully saturated rings. The quantitative estimate of drug-likeness (QED) is 0.453. The molecule has 28 heavy (non-hydrogen) atoms. The molecular formula is C20H22N4O4. The Hall–Kier alpha value is -3.23. The third-order valence-electron chi connectivity index (χ3n) is 4.45. The van der Waals surface area contributed by atoms with Crippen LogP contribution in [-0.4, -0.2) is 48.1 Å². The molecule has 0 aliphatic carbocycles. The number of nitrogen functional groups attached to an aromatic ring is 1. The molecule has 2 amide bonds. The van der Waals surface area contributed by atoms with Crippen molar-refractivity contribution in [3.63, 3.8) is 0 Å². The first kappa shape index (κ1) is 19.5. The summed E-state index contributed by atoms with van der Waals surface area (Å²) in [5.41, 5.74) is 8.02. The Labute approximate surface area is 162 Å². The number of rotatable bonds is 5. The lowest BCUT2D eigenvalue weighted by Crippen LogP contribution is -2.55. The highest BCUT2D eigenvalue weighted by Gasteiger charge is 2.39. The monoisotopic (exact) mass is 382 g/mol. The number of benzene rings is 2. The molecule has 0 saturated carbocycles. The largest absolute Gasteiger partial charge is 0.384 e. The van der Waals surface area contributed by atoms with E-state index >= 15 is 0 Å². The minimum absolute atomic E-state index is 0.0876. The number of nitrogens with two attached hydrogens (primary N) is 1. The Bertz CT molecular complexity index is 897. The summed E-state index contributed by atoms with van der Waals surface area (Å²) in [5.74, 6) is -1.30. The van der Waals surface area contributed by atoms with Crippen LogP contribution in [0, 0.1) is 12.3 Å². The number of amides is 2. The zero-order valence-corrected chi connectivity index (χ0v) is 15.4. The minimum atomic E-state index is -1.66. The summed E-state index contributed by atoms with van der Waals surface area (Å²) in [7, 11) is 0. The fourth-order valence-corrected chi connectivity index (χ4v) is 2.97. The van der Waals surface area contributed by atoms with Gasteiger partial charge in [0.2, 0.25) is 0 Å². The van der Waals surface area contributed by atoms with Crippen molar-refractivity contribution >= 4 is 29.0 Å². The lowest BCUT2D eigenvalue weighted by Gasteiger charge is -2.34. The summed E-state index contributed by atoms with van der Waals surface area (Å²) >= 11 is 0. The molecule has 1 saturated heterocycles. The zero-order valence-electron chi connectivity index (χ0n) is 15.4. The first-order valence-electron chi connectivity index (χ1n) is 8.80. The lowest BCUT2D eigenvalue weighted by molar-refractivity contribution is -0.150. The molecule has 146 valence electrons. The molecule has 0 radical (unpaired) electrons. The number of aryl methyl sites for hydroxylation is 1. The molecule has 2 aromatic carbocycles. The van der Waals surface area contributed by atoms with E-state index in [1.807, 2.05) is 25.1 Å². The van der Waals surface area contributed by atoms with Crippen LogP contribution in [0.1, 0.15) is 11.1 Å². The molecule has 1 aliphatic heterocycles. The smallest absolute Gasteiger partial charge is 0.259 e. The van der Waals surface area contributed by atoms with Crippen LogP contribution in [0.5, 0.6) is 0 Å². The van der Waals surface area contributed by atoms with Crippen molar-refractivity contribution in [2.24, 2.45) is 5.73 Å². The van der Waals surface area contributed by atoms with Crippen LogP contribution in [0.25, 0.3) is 0 Å². The number of hydrogen-bond acceptors (Lipinski definition) is 5. The maximum atomic E-state index is 12.8. The van der Waals surface area contributed by atoms with Gasteiger partial charge in [-0.15, -0.1) is 0 Å². The summed E-state index contributed by atoms with van der Waals surface area (Å²) in [6.07, 6.45) is -2.95. The first-order valence-corrected chi connectivity index (χ1v) is 8.80. The molecular weight excluding hydrogens is 360 g/mol. The van der Waals surface area contributed by atoms with Gasteiger partial charge in [0.1, 0.15) is 5.84 Å². The van der Waals surface area contributed by atoms with Crippen LogP contribution in [0.15, 0.2) is 48.5 Å². The van der Waals surface area contributed by atoms with E-state index in [9.17, 15) is 14.7 Å². The predicted molar refractivity (Wildman–Crippen MR) is 105 cm³/mol. The molecule has 5 N–H and O–H groups in total. The molecule has 0 aromatic heterocycles. The molecule has 8 nitrogen and oxygen atoms in total. The van der Waals surface area contributed by atoms with Gasteiger partial charge in [0.15, 0.2) is 12.2 Å². The Morgan fingerprint density at radius 2 is 2.04 bits per heavy atom. The second kappa shape index (κ2) is 8.20. The number of carbonyl (C=O) groups excluding carboxylic acids is 2. The molecule has 0 bridgehead atoms. The summed E-state index contributed by atoms with van der Waals surface area (Å²) in [6, 6.07) is 13.7. The molecule has 0 spiro atoms. The number of ether oxygens (including phenoxy) is 1. The highest BCUT2D eigenvalue weighted by atomic mass is 16.5. The maximum absolute atomic E-state index is 12.8. The van der Waals surface area contributed by atoms with Crippen LogP contribution in [0.2, 0.25) is 0 Å². The molecule has 1 aliphatic rings. The van der Waals surface area contributed by atoms with E-state index in [-0.39, 0.29) is 12.4 Å². The molecule has 2 aromatic rings. The normalized spacial score (nSPS) is 17.9. The van der Waals surface area contributed by atoms with E-state index in [1.165, 1.54) is 4.90 Å². The summed E-state index contributed by atoms with van der Waals surface area (Å²) in [5, 5.41) is 20.3. The highest BCUT2D eigenvalue weighted by molar-refractivity contribution is 6.04. The molecule has 0 unspecified atom stereocenters. The van der Waals surface area contributed by atoms with Gasteiger partial charge in [0, 0.05) is 23.5 Å².